The fraction of sp³-hybridized carbons (Fsp3) is 0.364. The molecule has 1 N–H and O–H groups in total. The number of thioether (sulfide) groups is 1. The van der Waals surface area contributed by atoms with Gasteiger partial charge in [-0.1, -0.05) is 55.1 Å². The second kappa shape index (κ2) is 9.75. The van der Waals surface area contributed by atoms with Crippen molar-refractivity contribution in [1.82, 2.24) is 19.8 Å². The highest BCUT2D eigenvalue weighted by atomic mass is 32.2. The molecule has 1 heterocycles. The summed E-state index contributed by atoms with van der Waals surface area (Å²) in [5.74, 6) is 0.392. The van der Waals surface area contributed by atoms with E-state index < -0.39 is 0 Å². The Morgan fingerprint density at radius 3 is 2.57 bits per heavy atom. The number of amides is 1. The van der Waals surface area contributed by atoms with Crippen molar-refractivity contribution in [3.63, 3.8) is 0 Å². The van der Waals surface area contributed by atoms with Gasteiger partial charge in [-0.3, -0.25) is 4.79 Å². The second-order valence-electron chi connectivity index (χ2n) is 7.11. The highest BCUT2D eigenvalue weighted by Gasteiger charge is 2.12. The maximum Gasteiger partial charge on any atom is 0.230 e. The van der Waals surface area contributed by atoms with Crippen molar-refractivity contribution in [2.45, 2.75) is 38.1 Å². The highest BCUT2D eigenvalue weighted by molar-refractivity contribution is 7.99. The van der Waals surface area contributed by atoms with E-state index >= 15 is 0 Å². The van der Waals surface area contributed by atoms with E-state index in [1.54, 1.807) is 0 Å². The van der Waals surface area contributed by atoms with Crippen molar-refractivity contribution >= 4 is 28.7 Å². The monoisotopic (exact) mass is 396 g/mol. The Hall–Kier alpha value is -2.31. The third-order valence-electron chi connectivity index (χ3n) is 4.48. The number of benzene rings is 2. The van der Waals surface area contributed by atoms with Crippen LogP contribution in [0, 0.1) is 0 Å². The molecule has 1 aromatic heterocycles. The van der Waals surface area contributed by atoms with Gasteiger partial charge in [0.1, 0.15) is 0 Å². The Kier molecular flexibility index (Phi) is 7.12. The Morgan fingerprint density at radius 1 is 1.11 bits per heavy atom. The summed E-state index contributed by atoms with van der Waals surface area (Å²) in [5, 5.41) is 3.96. The van der Waals surface area contributed by atoms with Crippen LogP contribution in [0.5, 0.6) is 0 Å². The highest BCUT2D eigenvalue weighted by Crippen LogP contribution is 2.24. The average Bonchev–Trinajstić information content (AvgIpc) is 3.03. The number of nitrogens with one attached hydrogen (secondary N) is 1. The first-order chi connectivity index (χ1) is 13.6. The molecule has 0 bridgehead atoms. The van der Waals surface area contributed by atoms with Gasteiger partial charge in [0.25, 0.3) is 0 Å². The Labute approximate surface area is 171 Å². The standard InChI is InChI=1S/C22H28N4OS/c1-4-13-26-20-12-8-7-11-19(20)24-22(26)28-16-21(27)23-14-17-9-5-6-10-18(17)15-25(2)3/h5-12H,4,13-16H2,1-3H3,(H,23,27). The third kappa shape index (κ3) is 5.14. The molecular formula is C22H28N4OS. The molecule has 0 saturated heterocycles. The van der Waals surface area contributed by atoms with Crippen LogP contribution in [0.15, 0.2) is 53.7 Å². The van der Waals surface area contributed by atoms with Gasteiger partial charge in [-0.2, -0.15) is 0 Å². The smallest absolute Gasteiger partial charge is 0.230 e. The van der Waals surface area contributed by atoms with Crippen LogP contribution in [-0.4, -0.2) is 40.2 Å². The van der Waals surface area contributed by atoms with Gasteiger partial charge in [-0.05, 0) is 43.8 Å². The minimum absolute atomic E-state index is 0.0276. The van der Waals surface area contributed by atoms with E-state index in [2.05, 4.69) is 39.9 Å². The topological polar surface area (TPSA) is 50.2 Å². The zero-order valence-electron chi connectivity index (χ0n) is 16.8. The largest absolute Gasteiger partial charge is 0.351 e. The van der Waals surface area contributed by atoms with E-state index in [1.807, 2.05) is 44.4 Å². The molecule has 0 spiro atoms. The summed E-state index contributed by atoms with van der Waals surface area (Å²) >= 11 is 1.50. The first-order valence-corrected chi connectivity index (χ1v) is 10.6. The zero-order chi connectivity index (χ0) is 19.9. The van der Waals surface area contributed by atoms with Crippen molar-refractivity contribution in [3.05, 3.63) is 59.7 Å². The van der Waals surface area contributed by atoms with Gasteiger partial charge in [-0.25, -0.2) is 4.98 Å². The molecule has 2 aromatic carbocycles. The van der Waals surface area contributed by atoms with Crippen molar-refractivity contribution < 1.29 is 4.79 Å². The summed E-state index contributed by atoms with van der Waals surface area (Å²) < 4.78 is 2.21. The molecule has 1 amide bonds. The summed E-state index contributed by atoms with van der Waals surface area (Å²) in [6.07, 6.45) is 1.03. The van der Waals surface area contributed by atoms with Gasteiger partial charge in [0.2, 0.25) is 5.91 Å². The predicted octanol–water partition coefficient (Wildman–Crippen LogP) is 3.92. The number of fused-ring (bicyclic) bond motifs is 1. The number of aryl methyl sites for hydroxylation is 1. The number of hydrogen-bond acceptors (Lipinski definition) is 4. The number of carbonyl (C=O) groups is 1. The summed E-state index contributed by atoms with van der Waals surface area (Å²) in [4.78, 5) is 19.3. The molecule has 0 fully saturated rings. The molecule has 0 aliphatic carbocycles. The van der Waals surface area contributed by atoms with Crippen LogP contribution in [0.3, 0.4) is 0 Å². The summed E-state index contributed by atoms with van der Waals surface area (Å²) in [6, 6.07) is 16.4. The molecule has 3 aromatic rings. The van der Waals surface area contributed by atoms with Crippen LogP contribution < -0.4 is 5.32 Å². The van der Waals surface area contributed by atoms with E-state index in [4.69, 9.17) is 4.98 Å². The summed E-state index contributed by atoms with van der Waals surface area (Å²) in [6.45, 7) is 4.47. The van der Waals surface area contributed by atoms with Crippen LogP contribution in [-0.2, 0) is 24.4 Å². The molecule has 6 heteroatoms. The lowest BCUT2D eigenvalue weighted by molar-refractivity contribution is -0.118. The molecule has 5 nitrogen and oxygen atoms in total. The van der Waals surface area contributed by atoms with Crippen LogP contribution in [0.25, 0.3) is 11.0 Å². The Balaban J connectivity index is 1.61. The number of nitrogens with zero attached hydrogens (tertiary/aromatic N) is 3. The van der Waals surface area contributed by atoms with Gasteiger partial charge in [0.15, 0.2) is 5.16 Å². The number of imidazole rings is 1. The maximum atomic E-state index is 12.4. The van der Waals surface area contributed by atoms with Crippen LogP contribution >= 0.6 is 11.8 Å². The average molecular weight is 397 g/mol. The van der Waals surface area contributed by atoms with Crippen LogP contribution in [0.1, 0.15) is 24.5 Å². The minimum atomic E-state index is 0.0276. The fourth-order valence-electron chi connectivity index (χ4n) is 3.20. The first kappa shape index (κ1) is 20.4. The summed E-state index contributed by atoms with van der Waals surface area (Å²) in [5.41, 5.74) is 4.51. The summed E-state index contributed by atoms with van der Waals surface area (Å²) in [7, 11) is 4.10. The Morgan fingerprint density at radius 2 is 1.82 bits per heavy atom. The van der Waals surface area contributed by atoms with E-state index in [0.717, 1.165) is 41.3 Å². The van der Waals surface area contributed by atoms with Crippen LogP contribution in [0.4, 0.5) is 0 Å². The van der Waals surface area contributed by atoms with Crippen molar-refractivity contribution in [3.8, 4) is 0 Å². The normalized spacial score (nSPS) is 11.3. The lowest BCUT2D eigenvalue weighted by Gasteiger charge is -2.14. The van der Waals surface area contributed by atoms with Gasteiger partial charge in [0, 0.05) is 19.6 Å². The number of rotatable bonds is 9. The van der Waals surface area contributed by atoms with Gasteiger partial charge in [-0.15, -0.1) is 0 Å². The fourth-order valence-corrected chi connectivity index (χ4v) is 4.07. The molecule has 0 unspecified atom stereocenters. The molecule has 0 aliphatic rings. The number of aromatic nitrogens is 2. The maximum absolute atomic E-state index is 12.4. The van der Waals surface area contributed by atoms with Crippen molar-refractivity contribution in [2.24, 2.45) is 0 Å². The molecule has 0 radical (unpaired) electrons. The number of carbonyl (C=O) groups excluding carboxylic acids is 1. The molecule has 0 saturated carbocycles. The first-order valence-electron chi connectivity index (χ1n) is 9.64. The van der Waals surface area contributed by atoms with Crippen LogP contribution in [0.2, 0.25) is 0 Å². The quantitative estimate of drug-likeness (QED) is 0.557. The molecule has 0 atom stereocenters. The molecular weight excluding hydrogens is 368 g/mol. The van der Waals surface area contributed by atoms with E-state index in [0.29, 0.717) is 12.3 Å². The Bertz CT molecular complexity index is 935. The van der Waals surface area contributed by atoms with E-state index in [1.165, 1.54) is 17.3 Å². The number of para-hydroxylation sites is 2. The zero-order valence-corrected chi connectivity index (χ0v) is 17.6. The van der Waals surface area contributed by atoms with Gasteiger partial charge in [0.05, 0.1) is 16.8 Å². The molecule has 0 aliphatic heterocycles. The second-order valence-corrected chi connectivity index (χ2v) is 8.05. The van der Waals surface area contributed by atoms with Crippen molar-refractivity contribution in [1.29, 1.82) is 0 Å². The molecule has 28 heavy (non-hydrogen) atoms. The SMILES string of the molecule is CCCn1c(SCC(=O)NCc2ccccc2CN(C)C)nc2ccccc21. The van der Waals surface area contributed by atoms with E-state index in [9.17, 15) is 4.79 Å². The molecule has 148 valence electrons. The lowest BCUT2D eigenvalue weighted by Crippen LogP contribution is -2.25. The minimum Gasteiger partial charge on any atom is -0.351 e. The van der Waals surface area contributed by atoms with Crippen molar-refractivity contribution in [2.75, 3.05) is 19.8 Å². The third-order valence-corrected chi connectivity index (χ3v) is 5.46. The van der Waals surface area contributed by atoms with Gasteiger partial charge < -0.3 is 14.8 Å². The molecule has 3 rings (SSSR count). The lowest BCUT2D eigenvalue weighted by atomic mass is 10.1. The predicted molar refractivity (Wildman–Crippen MR) is 116 cm³/mol. The number of hydrogen-bond donors (Lipinski definition) is 1. The van der Waals surface area contributed by atoms with Gasteiger partial charge >= 0.3 is 0 Å². The van der Waals surface area contributed by atoms with E-state index in [-0.39, 0.29) is 5.91 Å².